The number of nitrogens with zero attached hydrogens (tertiary/aromatic N) is 1. The Kier molecular flexibility index (Phi) is 7.50. The Morgan fingerprint density at radius 3 is 2.23 bits per heavy atom. The number of unbranched alkanes of at least 4 members (excludes halogenated alkanes) is 3. The van der Waals surface area contributed by atoms with Gasteiger partial charge in [0.25, 0.3) is 0 Å². The number of imide groups is 1. The van der Waals surface area contributed by atoms with E-state index in [1.807, 2.05) is 0 Å². The lowest BCUT2D eigenvalue weighted by molar-refractivity contribution is -0.133. The van der Waals surface area contributed by atoms with Crippen LogP contribution in [0.4, 0.5) is 5.69 Å². The highest BCUT2D eigenvalue weighted by atomic mass is 16.2. The zero-order chi connectivity index (χ0) is 24.4. The molecule has 2 unspecified atom stereocenters. The average molecular weight is 481 g/mol. The van der Waals surface area contributed by atoms with E-state index in [4.69, 9.17) is 5.73 Å². The summed E-state index contributed by atoms with van der Waals surface area (Å²) < 4.78 is 0. The standard InChI is InChI=1S/C29H44N4O2/c1-33(29-17-20-14-21(18-29)16-22(15-20)19-29)26(6-4-2-3-5-13-30)23-7-9-24(10-8-23)31-25-11-12-27(34)32-28(25)35/h7-10,20-22,25-26,31H,2-6,11-19,30H2,1H3,(H,32,34,35). The molecule has 5 fully saturated rings. The third-order valence-corrected chi connectivity index (χ3v) is 9.53. The van der Waals surface area contributed by atoms with E-state index in [0.29, 0.717) is 24.4 Å². The number of carbonyl (C=O) groups is 2. The predicted octanol–water partition coefficient (Wildman–Crippen LogP) is 4.75. The maximum atomic E-state index is 12.2. The van der Waals surface area contributed by atoms with Crippen LogP contribution in [0.15, 0.2) is 24.3 Å². The zero-order valence-electron chi connectivity index (χ0n) is 21.4. The first kappa shape index (κ1) is 24.8. The van der Waals surface area contributed by atoms with Crippen LogP contribution >= 0.6 is 0 Å². The molecule has 0 spiro atoms. The van der Waals surface area contributed by atoms with Gasteiger partial charge < -0.3 is 11.1 Å². The normalized spacial score (nSPS) is 32.7. The molecule has 6 heteroatoms. The van der Waals surface area contributed by atoms with Gasteiger partial charge in [0.15, 0.2) is 0 Å². The second kappa shape index (κ2) is 10.6. The Balaban J connectivity index is 1.30. The van der Waals surface area contributed by atoms with E-state index in [-0.39, 0.29) is 17.9 Å². The average Bonchev–Trinajstić information content (AvgIpc) is 2.83. The summed E-state index contributed by atoms with van der Waals surface area (Å²) in [5, 5.41) is 5.77. The molecule has 0 radical (unpaired) electrons. The van der Waals surface area contributed by atoms with Crippen LogP contribution in [0.2, 0.25) is 0 Å². The molecule has 1 heterocycles. The fourth-order valence-corrected chi connectivity index (χ4v) is 8.08. The van der Waals surface area contributed by atoms with Crippen molar-refractivity contribution in [1.82, 2.24) is 10.2 Å². The second-order valence-corrected chi connectivity index (χ2v) is 12.0. The van der Waals surface area contributed by atoms with Gasteiger partial charge in [0, 0.05) is 23.7 Å². The van der Waals surface area contributed by atoms with E-state index < -0.39 is 0 Å². The molecular weight excluding hydrogens is 436 g/mol. The number of piperidine rings is 1. The Hall–Kier alpha value is -1.92. The minimum atomic E-state index is -0.341. The van der Waals surface area contributed by atoms with E-state index in [1.54, 1.807) is 0 Å². The van der Waals surface area contributed by atoms with Gasteiger partial charge in [-0.2, -0.15) is 0 Å². The highest BCUT2D eigenvalue weighted by Crippen LogP contribution is 2.58. The van der Waals surface area contributed by atoms with Crippen LogP contribution in [-0.4, -0.2) is 41.9 Å². The molecule has 4 N–H and O–H groups in total. The van der Waals surface area contributed by atoms with Crippen LogP contribution in [0.1, 0.15) is 95.1 Å². The van der Waals surface area contributed by atoms with Crippen LogP contribution in [-0.2, 0) is 9.59 Å². The second-order valence-electron chi connectivity index (χ2n) is 12.0. The zero-order valence-corrected chi connectivity index (χ0v) is 21.4. The summed E-state index contributed by atoms with van der Waals surface area (Å²) in [5.41, 5.74) is 8.43. The first-order valence-electron chi connectivity index (χ1n) is 14.1. The smallest absolute Gasteiger partial charge is 0.249 e. The highest BCUT2D eigenvalue weighted by Gasteiger charge is 2.53. The van der Waals surface area contributed by atoms with Crippen molar-refractivity contribution in [3.8, 4) is 0 Å². The van der Waals surface area contributed by atoms with Crippen molar-refractivity contribution in [3.05, 3.63) is 29.8 Å². The quantitative estimate of drug-likeness (QED) is 0.314. The fraction of sp³-hybridized carbons (Fsp3) is 0.724. The molecule has 6 rings (SSSR count). The number of amides is 2. The summed E-state index contributed by atoms with van der Waals surface area (Å²) in [6, 6.07) is 8.84. The first-order chi connectivity index (χ1) is 17.0. The topological polar surface area (TPSA) is 87.5 Å². The molecule has 0 aromatic heterocycles. The van der Waals surface area contributed by atoms with Crippen molar-refractivity contribution in [2.75, 3.05) is 18.9 Å². The van der Waals surface area contributed by atoms with Crippen LogP contribution < -0.4 is 16.4 Å². The minimum absolute atomic E-state index is 0.176. The lowest BCUT2D eigenvalue weighted by Gasteiger charge is -2.61. The lowest BCUT2D eigenvalue weighted by atomic mass is 9.52. The predicted molar refractivity (Wildman–Crippen MR) is 140 cm³/mol. The van der Waals surface area contributed by atoms with Crippen LogP contribution in [0.3, 0.4) is 0 Å². The molecule has 192 valence electrons. The molecule has 4 bridgehead atoms. The van der Waals surface area contributed by atoms with Crippen molar-refractivity contribution in [1.29, 1.82) is 0 Å². The third-order valence-electron chi connectivity index (χ3n) is 9.53. The van der Waals surface area contributed by atoms with Crippen molar-refractivity contribution in [3.63, 3.8) is 0 Å². The van der Waals surface area contributed by atoms with Gasteiger partial charge in [0.05, 0.1) is 0 Å². The van der Waals surface area contributed by atoms with Crippen LogP contribution in [0.5, 0.6) is 0 Å². The van der Waals surface area contributed by atoms with Crippen molar-refractivity contribution in [2.45, 2.75) is 101 Å². The largest absolute Gasteiger partial charge is 0.374 e. The number of carbonyl (C=O) groups excluding carboxylic acids is 2. The number of nitrogens with two attached hydrogens (primary N) is 1. The van der Waals surface area contributed by atoms with Gasteiger partial charge in [-0.1, -0.05) is 31.4 Å². The van der Waals surface area contributed by atoms with Gasteiger partial charge in [-0.25, -0.2) is 0 Å². The SMILES string of the molecule is CN(C(CCCCCCN)c1ccc(NC2CCC(=O)NC2=O)cc1)C12CC3CC(CC(C3)C1)C2. The lowest BCUT2D eigenvalue weighted by Crippen LogP contribution is -2.59. The number of nitrogens with one attached hydrogen (secondary N) is 2. The van der Waals surface area contributed by atoms with Gasteiger partial charge >= 0.3 is 0 Å². The molecule has 6 nitrogen and oxygen atoms in total. The van der Waals surface area contributed by atoms with Gasteiger partial charge in [-0.15, -0.1) is 0 Å². The molecule has 2 atom stereocenters. The van der Waals surface area contributed by atoms with Crippen LogP contribution in [0, 0.1) is 17.8 Å². The Labute approximate surface area is 210 Å². The molecule has 35 heavy (non-hydrogen) atoms. The van der Waals surface area contributed by atoms with E-state index in [0.717, 1.165) is 36.4 Å². The molecule has 1 aliphatic heterocycles. The van der Waals surface area contributed by atoms with Crippen molar-refractivity contribution >= 4 is 17.5 Å². The fourth-order valence-electron chi connectivity index (χ4n) is 8.08. The summed E-state index contributed by atoms with van der Waals surface area (Å²) in [6.07, 6.45) is 15.5. The molecule has 4 aliphatic carbocycles. The monoisotopic (exact) mass is 480 g/mol. The van der Waals surface area contributed by atoms with Gasteiger partial charge in [0.2, 0.25) is 11.8 Å². The van der Waals surface area contributed by atoms with E-state index in [9.17, 15) is 9.59 Å². The Morgan fingerprint density at radius 2 is 1.63 bits per heavy atom. The molecule has 5 aliphatic rings. The van der Waals surface area contributed by atoms with Gasteiger partial charge in [-0.3, -0.25) is 19.8 Å². The maximum Gasteiger partial charge on any atom is 0.249 e. The Bertz CT molecular complexity index is 863. The van der Waals surface area contributed by atoms with Crippen LogP contribution in [0.25, 0.3) is 0 Å². The summed E-state index contributed by atoms with van der Waals surface area (Å²) >= 11 is 0. The number of rotatable bonds is 11. The molecule has 1 aromatic carbocycles. The number of anilines is 1. The van der Waals surface area contributed by atoms with Gasteiger partial charge in [0.1, 0.15) is 6.04 Å². The summed E-state index contributed by atoms with van der Waals surface area (Å²) in [7, 11) is 2.41. The first-order valence-corrected chi connectivity index (χ1v) is 14.1. The number of hydrogen-bond donors (Lipinski definition) is 3. The Morgan fingerprint density at radius 1 is 1.00 bits per heavy atom. The van der Waals surface area contributed by atoms with Gasteiger partial charge in [-0.05, 0) is 107 Å². The number of hydrogen-bond acceptors (Lipinski definition) is 5. The highest BCUT2D eigenvalue weighted by molar-refractivity contribution is 6.01. The summed E-state index contributed by atoms with van der Waals surface area (Å²) in [5.74, 6) is 2.42. The molecular formula is C29H44N4O2. The summed E-state index contributed by atoms with van der Waals surface area (Å²) in [6.45, 7) is 0.790. The maximum absolute atomic E-state index is 12.2. The third kappa shape index (κ3) is 5.43. The summed E-state index contributed by atoms with van der Waals surface area (Å²) in [4.78, 5) is 26.4. The van der Waals surface area contributed by atoms with E-state index >= 15 is 0 Å². The van der Waals surface area contributed by atoms with E-state index in [2.05, 4.69) is 46.8 Å². The number of benzene rings is 1. The molecule has 2 amide bonds. The van der Waals surface area contributed by atoms with Crippen molar-refractivity contribution < 1.29 is 9.59 Å². The molecule has 1 aromatic rings. The van der Waals surface area contributed by atoms with E-state index in [1.165, 1.54) is 69.8 Å². The minimum Gasteiger partial charge on any atom is -0.374 e. The van der Waals surface area contributed by atoms with Crippen molar-refractivity contribution in [2.24, 2.45) is 23.5 Å². The molecule has 4 saturated carbocycles. The molecule has 1 saturated heterocycles.